The van der Waals surface area contributed by atoms with E-state index in [0.717, 1.165) is 11.3 Å². The number of nitrogens with one attached hydrogen (secondary N) is 1. The summed E-state index contributed by atoms with van der Waals surface area (Å²) < 4.78 is 6.17. The lowest BCUT2D eigenvalue weighted by Gasteiger charge is -2.10. The second-order valence-electron chi connectivity index (χ2n) is 5.69. The first-order valence-electron chi connectivity index (χ1n) is 7.80. The number of hydrogen-bond donors (Lipinski definition) is 1. The molecule has 0 bridgehead atoms. The molecule has 0 aromatic heterocycles. The van der Waals surface area contributed by atoms with Gasteiger partial charge in [0.25, 0.3) is 5.69 Å². The van der Waals surface area contributed by atoms with Crippen LogP contribution in [0.1, 0.15) is 24.0 Å². The van der Waals surface area contributed by atoms with Crippen LogP contribution >= 0.6 is 15.9 Å². The Morgan fingerprint density at radius 2 is 2.00 bits per heavy atom. The van der Waals surface area contributed by atoms with E-state index in [9.17, 15) is 14.9 Å². The molecule has 1 N–H and O–H groups in total. The van der Waals surface area contributed by atoms with Crippen LogP contribution in [0, 0.1) is 24.0 Å². The van der Waals surface area contributed by atoms with Gasteiger partial charge in [0.05, 0.1) is 17.2 Å². The number of ether oxygens (including phenoxy) is 1. The maximum Gasteiger partial charge on any atom is 0.270 e. The van der Waals surface area contributed by atoms with Crippen molar-refractivity contribution < 1.29 is 14.5 Å². The summed E-state index contributed by atoms with van der Waals surface area (Å²) >= 11 is 3.23. The maximum absolute atomic E-state index is 12.0. The molecule has 0 aliphatic heterocycles. The predicted octanol–water partition coefficient (Wildman–Crippen LogP) is 4.77. The van der Waals surface area contributed by atoms with E-state index in [0.29, 0.717) is 29.6 Å². The van der Waals surface area contributed by atoms with Gasteiger partial charge >= 0.3 is 0 Å². The van der Waals surface area contributed by atoms with Gasteiger partial charge in [0.2, 0.25) is 5.91 Å². The lowest BCUT2D eigenvalue weighted by Crippen LogP contribution is -2.13. The first-order chi connectivity index (χ1) is 11.9. The zero-order valence-corrected chi connectivity index (χ0v) is 15.6. The number of rotatable bonds is 7. The molecule has 2 aromatic carbocycles. The maximum atomic E-state index is 12.0. The van der Waals surface area contributed by atoms with Crippen molar-refractivity contribution in [1.82, 2.24) is 0 Å². The zero-order valence-electron chi connectivity index (χ0n) is 14.0. The predicted molar refractivity (Wildman–Crippen MR) is 100 cm³/mol. The smallest absolute Gasteiger partial charge is 0.270 e. The molecule has 0 unspecified atom stereocenters. The average Bonchev–Trinajstić information content (AvgIpc) is 2.55. The van der Waals surface area contributed by atoms with Crippen LogP contribution in [0.4, 0.5) is 11.4 Å². The van der Waals surface area contributed by atoms with Crippen molar-refractivity contribution in [3.05, 3.63) is 62.1 Å². The van der Waals surface area contributed by atoms with Gasteiger partial charge in [-0.2, -0.15) is 0 Å². The number of amides is 1. The van der Waals surface area contributed by atoms with Gasteiger partial charge in [0.15, 0.2) is 0 Å². The number of aryl methyl sites for hydroxylation is 2. The van der Waals surface area contributed by atoms with E-state index in [-0.39, 0.29) is 11.6 Å². The summed E-state index contributed by atoms with van der Waals surface area (Å²) in [7, 11) is 0. The van der Waals surface area contributed by atoms with Gasteiger partial charge in [-0.15, -0.1) is 0 Å². The molecule has 0 heterocycles. The monoisotopic (exact) mass is 406 g/mol. The molecule has 0 radical (unpaired) electrons. The molecular weight excluding hydrogens is 388 g/mol. The SMILES string of the molecule is Cc1ccc(OCCCC(=O)Nc2ccc([N+](=O)[O-])cc2Br)c(C)c1. The molecule has 6 nitrogen and oxygen atoms in total. The van der Waals surface area contributed by atoms with Crippen molar-refractivity contribution >= 4 is 33.2 Å². The molecule has 0 saturated heterocycles. The summed E-state index contributed by atoms with van der Waals surface area (Å²) in [6, 6.07) is 10.2. The number of non-ortho nitro benzene ring substituents is 1. The Balaban J connectivity index is 1.80. The number of nitro groups is 1. The van der Waals surface area contributed by atoms with Crippen LogP contribution in [0.2, 0.25) is 0 Å². The first-order valence-corrected chi connectivity index (χ1v) is 8.60. The van der Waals surface area contributed by atoms with Crippen LogP contribution in [-0.4, -0.2) is 17.4 Å². The number of carbonyl (C=O) groups is 1. The Morgan fingerprint density at radius 1 is 1.24 bits per heavy atom. The standard InChI is InChI=1S/C18H19BrN2O4/c1-12-5-8-17(13(2)10-12)25-9-3-4-18(22)20-16-7-6-14(21(23)24)11-15(16)19/h5-8,10-11H,3-4,9H2,1-2H3,(H,20,22). The lowest BCUT2D eigenvalue weighted by molar-refractivity contribution is -0.384. The molecule has 0 atom stereocenters. The molecule has 7 heteroatoms. The largest absolute Gasteiger partial charge is 0.493 e. The fraction of sp³-hybridized carbons (Fsp3) is 0.278. The number of carbonyl (C=O) groups excluding carboxylic acids is 1. The Morgan fingerprint density at radius 3 is 2.64 bits per heavy atom. The number of nitro benzene ring substituents is 1. The molecule has 0 spiro atoms. The fourth-order valence-electron chi connectivity index (χ4n) is 2.31. The molecule has 1 amide bonds. The quantitative estimate of drug-likeness (QED) is 0.407. The minimum atomic E-state index is -0.485. The van der Waals surface area contributed by atoms with Crippen LogP contribution in [-0.2, 0) is 4.79 Å². The van der Waals surface area contributed by atoms with Crippen LogP contribution in [0.25, 0.3) is 0 Å². The van der Waals surface area contributed by atoms with Crippen LogP contribution in [0.15, 0.2) is 40.9 Å². The highest BCUT2D eigenvalue weighted by Gasteiger charge is 2.11. The van der Waals surface area contributed by atoms with E-state index in [1.807, 2.05) is 32.0 Å². The number of hydrogen-bond acceptors (Lipinski definition) is 4. The van der Waals surface area contributed by atoms with Crippen LogP contribution in [0.5, 0.6) is 5.75 Å². The number of halogens is 1. The number of anilines is 1. The molecular formula is C18H19BrN2O4. The molecule has 0 saturated carbocycles. The van der Waals surface area contributed by atoms with E-state index in [2.05, 4.69) is 21.2 Å². The summed E-state index contributed by atoms with van der Waals surface area (Å²) in [5.41, 5.74) is 2.72. The molecule has 0 aliphatic rings. The molecule has 2 rings (SSSR count). The highest BCUT2D eigenvalue weighted by molar-refractivity contribution is 9.10. The second kappa shape index (κ2) is 8.62. The van der Waals surface area contributed by atoms with Crippen molar-refractivity contribution in [2.24, 2.45) is 0 Å². The Bertz CT molecular complexity index is 793. The number of nitrogens with zero attached hydrogens (tertiary/aromatic N) is 1. The van der Waals surface area contributed by atoms with E-state index >= 15 is 0 Å². The summed E-state index contributed by atoms with van der Waals surface area (Å²) in [5.74, 6) is 0.655. The third kappa shape index (κ3) is 5.56. The van der Waals surface area contributed by atoms with Gasteiger partial charge in [-0.25, -0.2) is 0 Å². The topological polar surface area (TPSA) is 81.5 Å². The highest BCUT2D eigenvalue weighted by atomic mass is 79.9. The van der Waals surface area contributed by atoms with Gasteiger partial charge in [0.1, 0.15) is 5.75 Å². The minimum absolute atomic E-state index is 0.0354. The van der Waals surface area contributed by atoms with Crippen molar-refractivity contribution in [2.45, 2.75) is 26.7 Å². The van der Waals surface area contributed by atoms with E-state index in [4.69, 9.17) is 4.74 Å². The normalized spacial score (nSPS) is 10.4. The Labute approximate surface area is 154 Å². The van der Waals surface area contributed by atoms with Gasteiger partial charge < -0.3 is 10.1 Å². The fourth-order valence-corrected chi connectivity index (χ4v) is 2.77. The van der Waals surface area contributed by atoms with E-state index in [1.165, 1.54) is 23.8 Å². The van der Waals surface area contributed by atoms with Crippen molar-refractivity contribution in [1.29, 1.82) is 0 Å². The summed E-state index contributed by atoms with van der Waals surface area (Å²) in [6.45, 7) is 4.46. The molecule has 2 aromatic rings. The minimum Gasteiger partial charge on any atom is -0.493 e. The molecule has 132 valence electrons. The zero-order chi connectivity index (χ0) is 18.4. The third-order valence-corrected chi connectivity index (χ3v) is 4.23. The molecule has 25 heavy (non-hydrogen) atoms. The van der Waals surface area contributed by atoms with E-state index in [1.54, 1.807) is 0 Å². The summed E-state index contributed by atoms with van der Waals surface area (Å²) in [4.78, 5) is 22.2. The van der Waals surface area contributed by atoms with Crippen molar-refractivity contribution in [2.75, 3.05) is 11.9 Å². The van der Waals surface area contributed by atoms with Gasteiger partial charge in [-0.1, -0.05) is 17.7 Å². The Kier molecular flexibility index (Phi) is 6.52. The van der Waals surface area contributed by atoms with Gasteiger partial charge in [0, 0.05) is 23.0 Å². The average molecular weight is 407 g/mol. The molecule has 0 aliphatic carbocycles. The van der Waals surface area contributed by atoms with Crippen molar-refractivity contribution in [3.8, 4) is 5.75 Å². The highest BCUT2D eigenvalue weighted by Crippen LogP contribution is 2.27. The van der Waals surface area contributed by atoms with Gasteiger partial charge in [-0.3, -0.25) is 14.9 Å². The van der Waals surface area contributed by atoms with Gasteiger partial charge in [-0.05, 0) is 53.9 Å². The summed E-state index contributed by atoms with van der Waals surface area (Å²) in [5, 5.41) is 13.4. The van der Waals surface area contributed by atoms with Crippen LogP contribution < -0.4 is 10.1 Å². The van der Waals surface area contributed by atoms with E-state index < -0.39 is 4.92 Å². The lowest BCUT2D eigenvalue weighted by atomic mass is 10.1. The Hall–Kier alpha value is -2.41. The van der Waals surface area contributed by atoms with Crippen LogP contribution in [0.3, 0.4) is 0 Å². The first kappa shape index (κ1) is 18.9. The second-order valence-corrected chi connectivity index (χ2v) is 6.54. The third-order valence-electron chi connectivity index (χ3n) is 3.57. The number of benzene rings is 2. The summed E-state index contributed by atoms with van der Waals surface area (Å²) in [6.07, 6.45) is 0.873. The van der Waals surface area contributed by atoms with Crippen molar-refractivity contribution in [3.63, 3.8) is 0 Å². The molecule has 0 fully saturated rings.